The fraction of sp³-hybridized carbons (Fsp3) is 0.444. The van der Waals surface area contributed by atoms with Crippen molar-refractivity contribution in [1.82, 2.24) is 25.4 Å². The topological polar surface area (TPSA) is 100 Å². The van der Waals surface area contributed by atoms with Crippen LogP contribution in [0.4, 0.5) is 0 Å². The van der Waals surface area contributed by atoms with Gasteiger partial charge >= 0.3 is 0 Å². The van der Waals surface area contributed by atoms with Gasteiger partial charge in [0.15, 0.2) is 0 Å². The van der Waals surface area contributed by atoms with Gasteiger partial charge in [-0.25, -0.2) is 0 Å². The van der Waals surface area contributed by atoms with E-state index >= 15 is 0 Å². The lowest BCUT2D eigenvalue weighted by molar-refractivity contribution is -0.123. The third kappa shape index (κ3) is 3.20. The summed E-state index contributed by atoms with van der Waals surface area (Å²) in [6.45, 7) is 2.67. The van der Waals surface area contributed by atoms with Crippen LogP contribution in [-0.2, 0) is 16.1 Å². The van der Waals surface area contributed by atoms with Gasteiger partial charge in [0.25, 0.3) is 5.91 Å². The highest BCUT2D eigenvalue weighted by atomic mass is 16.5. The van der Waals surface area contributed by atoms with E-state index in [0.29, 0.717) is 45.0 Å². The van der Waals surface area contributed by atoms with E-state index in [4.69, 9.17) is 4.74 Å². The van der Waals surface area contributed by atoms with Gasteiger partial charge in [0.05, 0.1) is 13.2 Å². The molecule has 0 bridgehead atoms. The van der Waals surface area contributed by atoms with E-state index in [2.05, 4.69) is 20.5 Å². The molecule has 2 aliphatic heterocycles. The third-order valence-corrected chi connectivity index (χ3v) is 5.26. The first-order valence-corrected chi connectivity index (χ1v) is 8.68. The maximum Gasteiger partial charge on any atom is 0.271 e. The molecular weight excluding hydrogens is 334 g/mol. The molecule has 2 atom stereocenters. The number of likely N-dealkylation sites (tertiary alicyclic amines) is 1. The Morgan fingerprint density at radius 1 is 1.38 bits per heavy atom. The van der Waals surface area contributed by atoms with Gasteiger partial charge in [-0.1, -0.05) is 6.07 Å². The molecule has 2 aromatic rings. The van der Waals surface area contributed by atoms with Crippen LogP contribution >= 0.6 is 0 Å². The maximum atomic E-state index is 12.6. The lowest BCUT2D eigenvalue weighted by Gasteiger charge is -2.26. The van der Waals surface area contributed by atoms with Gasteiger partial charge in [-0.15, -0.1) is 0 Å². The number of aromatic amines is 1. The summed E-state index contributed by atoms with van der Waals surface area (Å²) in [6.07, 6.45) is 5.36. The number of rotatable bonds is 5. The normalized spacial score (nSPS) is 24.5. The van der Waals surface area contributed by atoms with Crippen LogP contribution in [0.15, 0.2) is 36.8 Å². The fourth-order valence-electron chi connectivity index (χ4n) is 3.87. The van der Waals surface area contributed by atoms with Crippen LogP contribution in [0.2, 0.25) is 0 Å². The van der Waals surface area contributed by atoms with Crippen molar-refractivity contribution in [2.75, 3.05) is 26.3 Å². The van der Waals surface area contributed by atoms with Gasteiger partial charge in [0, 0.05) is 56.0 Å². The minimum atomic E-state index is -0.311. The van der Waals surface area contributed by atoms with E-state index in [1.54, 1.807) is 29.6 Å². The summed E-state index contributed by atoms with van der Waals surface area (Å²) in [6, 6.07) is 5.44. The molecule has 26 heavy (non-hydrogen) atoms. The van der Waals surface area contributed by atoms with E-state index in [9.17, 15) is 9.59 Å². The quantitative estimate of drug-likeness (QED) is 0.818. The number of pyridine rings is 1. The zero-order valence-electron chi connectivity index (χ0n) is 14.4. The molecule has 2 amide bonds. The van der Waals surface area contributed by atoms with Crippen molar-refractivity contribution in [3.05, 3.63) is 48.0 Å². The van der Waals surface area contributed by atoms with Crippen molar-refractivity contribution in [3.63, 3.8) is 0 Å². The lowest BCUT2D eigenvalue weighted by atomic mass is 9.78. The molecule has 0 spiro atoms. The van der Waals surface area contributed by atoms with Crippen LogP contribution in [0, 0.1) is 11.3 Å². The molecule has 136 valence electrons. The Labute approximate surface area is 150 Å². The standard InChI is InChI=1S/C18H21N5O3/c24-16(20-8-13-2-1-4-19-7-13)6-18-11-23(9-14(18)10-26-12-18)17(25)15-3-5-21-22-15/h1-5,7,14H,6,8-12H2,(H,20,24)(H,21,22)/t14-,18+/m1/s1. The van der Waals surface area contributed by atoms with Gasteiger partial charge in [-0.05, 0) is 17.7 Å². The lowest BCUT2D eigenvalue weighted by Crippen LogP contribution is -2.38. The summed E-state index contributed by atoms with van der Waals surface area (Å²) < 4.78 is 5.65. The highest BCUT2D eigenvalue weighted by molar-refractivity contribution is 5.92. The van der Waals surface area contributed by atoms with E-state index in [-0.39, 0.29) is 23.1 Å². The number of nitrogens with zero attached hydrogens (tertiary/aromatic N) is 3. The first kappa shape index (κ1) is 16.7. The molecule has 8 nitrogen and oxygen atoms in total. The summed E-state index contributed by atoms with van der Waals surface area (Å²) in [5.74, 6) is 0.0748. The Kier molecular flexibility index (Phi) is 4.42. The summed E-state index contributed by atoms with van der Waals surface area (Å²) in [5, 5.41) is 9.50. The molecule has 4 rings (SSSR count). The average molecular weight is 355 g/mol. The highest BCUT2D eigenvalue weighted by Crippen LogP contribution is 2.44. The molecule has 0 aromatic carbocycles. The van der Waals surface area contributed by atoms with E-state index < -0.39 is 0 Å². The smallest absolute Gasteiger partial charge is 0.271 e. The molecule has 4 heterocycles. The van der Waals surface area contributed by atoms with Crippen LogP contribution in [0.3, 0.4) is 0 Å². The zero-order chi connectivity index (χ0) is 18.0. The molecule has 8 heteroatoms. The van der Waals surface area contributed by atoms with E-state index in [1.807, 2.05) is 12.1 Å². The minimum Gasteiger partial charge on any atom is -0.380 e. The first-order valence-electron chi connectivity index (χ1n) is 8.68. The van der Waals surface area contributed by atoms with Crippen molar-refractivity contribution in [1.29, 1.82) is 0 Å². The Hall–Kier alpha value is -2.74. The van der Waals surface area contributed by atoms with Crippen LogP contribution < -0.4 is 5.32 Å². The third-order valence-electron chi connectivity index (χ3n) is 5.26. The van der Waals surface area contributed by atoms with Gasteiger partial charge < -0.3 is 15.0 Å². The molecule has 2 fully saturated rings. The van der Waals surface area contributed by atoms with Crippen LogP contribution in [0.25, 0.3) is 0 Å². The molecule has 2 N–H and O–H groups in total. The number of ether oxygens (including phenoxy) is 1. The second-order valence-electron chi connectivity index (χ2n) is 7.05. The number of amides is 2. The average Bonchev–Trinajstić information content (AvgIpc) is 3.36. The number of hydrogen-bond donors (Lipinski definition) is 2. The van der Waals surface area contributed by atoms with Crippen LogP contribution in [0.5, 0.6) is 0 Å². The molecular formula is C18H21N5O3. The van der Waals surface area contributed by atoms with E-state index in [1.165, 1.54) is 0 Å². The van der Waals surface area contributed by atoms with Crippen LogP contribution in [-0.4, -0.2) is 58.2 Å². The zero-order valence-corrected chi connectivity index (χ0v) is 14.4. The van der Waals surface area contributed by atoms with Crippen molar-refractivity contribution < 1.29 is 14.3 Å². The van der Waals surface area contributed by atoms with Crippen molar-refractivity contribution in [2.24, 2.45) is 11.3 Å². The summed E-state index contributed by atoms with van der Waals surface area (Å²) in [4.78, 5) is 30.9. The predicted molar refractivity (Wildman–Crippen MR) is 91.9 cm³/mol. The Balaban J connectivity index is 1.39. The van der Waals surface area contributed by atoms with Crippen molar-refractivity contribution in [3.8, 4) is 0 Å². The molecule has 2 saturated heterocycles. The molecule has 0 unspecified atom stereocenters. The number of carbonyl (C=O) groups excluding carboxylic acids is 2. The second kappa shape index (κ2) is 6.87. The number of nitrogens with one attached hydrogen (secondary N) is 2. The molecule has 0 aliphatic carbocycles. The molecule has 0 saturated carbocycles. The minimum absolute atomic E-state index is 0.0276. The van der Waals surface area contributed by atoms with Gasteiger partial charge in [0.2, 0.25) is 5.91 Å². The first-order chi connectivity index (χ1) is 12.7. The van der Waals surface area contributed by atoms with Crippen molar-refractivity contribution in [2.45, 2.75) is 13.0 Å². The molecule has 2 aromatic heterocycles. The van der Waals surface area contributed by atoms with Gasteiger partial charge in [-0.3, -0.25) is 19.7 Å². The Morgan fingerprint density at radius 2 is 2.31 bits per heavy atom. The maximum absolute atomic E-state index is 12.6. The summed E-state index contributed by atoms with van der Waals surface area (Å²) >= 11 is 0. The molecule has 2 aliphatic rings. The number of aromatic nitrogens is 3. The van der Waals surface area contributed by atoms with E-state index in [0.717, 1.165) is 5.56 Å². The van der Waals surface area contributed by atoms with Gasteiger partial charge in [0.1, 0.15) is 5.69 Å². The van der Waals surface area contributed by atoms with Crippen molar-refractivity contribution >= 4 is 11.8 Å². The second-order valence-corrected chi connectivity index (χ2v) is 7.05. The summed E-state index contributed by atoms with van der Waals surface area (Å²) in [7, 11) is 0. The largest absolute Gasteiger partial charge is 0.380 e. The highest BCUT2D eigenvalue weighted by Gasteiger charge is 2.52. The number of H-pyrrole nitrogens is 1. The SMILES string of the molecule is O=C(C[C@]12COC[C@H]1CN(C(=O)c1ccn[nH]1)C2)NCc1cccnc1. The fourth-order valence-corrected chi connectivity index (χ4v) is 3.87. The van der Waals surface area contributed by atoms with Gasteiger partial charge in [-0.2, -0.15) is 5.10 Å². The molecule has 0 radical (unpaired) electrons. The Morgan fingerprint density at radius 3 is 3.08 bits per heavy atom. The number of carbonyl (C=O) groups is 2. The predicted octanol–water partition coefficient (Wildman–Crippen LogP) is 0.600. The number of fused-ring (bicyclic) bond motifs is 1. The monoisotopic (exact) mass is 355 g/mol. The summed E-state index contributed by atoms with van der Waals surface area (Å²) in [5.41, 5.74) is 1.12. The Bertz CT molecular complexity index is 779. The number of hydrogen-bond acceptors (Lipinski definition) is 5. The van der Waals surface area contributed by atoms with Crippen LogP contribution in [0.1, 0.15) is 22.5 Å².